The number of hydrogen-bond acceptors (Lipinski definition) is 15. The largest absolute Gasteiger partial charge is 0.472 e. The molecule has 0 aliphatic rings. The average molecular weight is 1540 g/mol. The number of ether oxygens (including phenoxy) is 4. The lowest BCUT2D eigenvalue weighted by Crippen LogP contribution is -2.30. The first-order valence-electron chi connectivity index (χ1n) is 44.4. The second kappa shape index (κ2) is 76.1. The molecule has 0 saturated heterocycles. The van der Waals surface area contributed by atoms with Crippen LogP contribution in [0, 0.1) is 17.8 Å². The summed E-state index contributed by atoms with van der Waals surface area (Å²) in [6.07, 6.45) is 66.4. The Morgan fingerprint density at radius 3 is 0.724 bits per heavy atom. The smallest absolute Gasteiger partial charge is 0.462 e. The van der Waals surface area contributed by atoms with E-state index in [0.29, 0.717) is 25.7 Å². The molecule has 0 spiro atoms. The van der Waals surface area contributed by atoms with Gasteiger partial charge in [-0.1, -0.05) is 402 Å². The maximum Gasteiger partial charge on any atom is 0.472 e. The number of carbonyl (C=O) groups excluding carboxylic acids is 4. The Kier molecular flexibility index (Phi) is 74.7. The molecule has 0 amide bonds. The Labute approximate surface area is 645 Å². The zero-order valence-electron chi connectivity index (χ0n) is 69.2. The molecule has 105 heavy (non-hydrogen) atoms. The van der Waals surface area contributed by atoms with Crippen LogP contribution >= 0.6 is 15.6 Å². The molecule has 6 atom stereocenters. The highest BCUT2D eigenvalue weighted by Gasteiger charge is 2.30. The first-order valence-corrected chi connectivity index (χ1v) is 47.4. The molecule has 17 nitrogen and oxygen atoms in total. The van der Waals surface area contributed by atoms with Crippen molar-refractivity contribution in [2.24, 2.45) is 17.8 Å². The molecule has 3 N–H and O–H groups in total. The normalized spacial score (nSPS) is 14.1. The summed E-state index contributed by atoms with van der Waals surface area (Å²) in [7, 11) is -9.93. The molecule has 0 fully saturated rings. The third kappa shape index (κ3) is 78.5. The number of unbranched alkanes of at least 4 members (excludes halogenated alkanes) is 51. The van der Waals surface area contributed by atoms with Gasteiger partial charge in [-0.2, -0.15) is 0 Å². The van der Waals surface area contributed by atoms with E-state index < -0.39 is 97.5 Å². The lowest BCUT2D eigenvalue weighted by Gasteiger charge is -2.21. The first kappa shape index (κ1) is 103. The van der Waals surface area contributed by atoms with E-state index in [-0.39, 0.29) is 25.7 Å². The van der Waals surface area contributed by atoms with Gasteiger partial charge in [0.1, 0.15) is 19.3 Å². The van der Waals surface area contributed by atoms with Crippen LogP contribution in [0.2, 0.25) is 0 Å². The average Bonchev–Trinajstić information content (AvgIpc) is 0.917. The number of phosphoric ester groups is 2. The summed E-state index contributed by atoms with van der Waals surface area (Å²) in [5.74, 6) is 0.346. The van der Waals surface area contributed by atoms with E-state index in [1.165, 1.54) is 263 Å². The van der Waals surface area contributed by atoms with Gasteiger partial charge in [0.2, 0.25) is 0 Å². The maximum atomic E-state index is 13.1. The molecule has 0 aromatic heterocycles. The van der Waals surface area contributed by atoms with Crippen LogP contribution in [0.5, 0.6) is 0 Å². The van der Waals surface area contributed by atoms with Crippen molar-refractivity contribution in [2.45, 2.75) is 471 Å². The second-order valence-corrected chi connectivity index (χ2v) is 35.0. The SMILES string of the molecule is CCCCCCCCCCCCCCC(=O)OC[C@H](COP(=O)(O)OC[C@H](O)COP(=O)(O)OC[C@@H](COC(=O)CCCCCCCCCCCCCCCCC(C)CC)OC(=O)CCCCCCCCCCCCCCCCCC(C)C)OC(=O)CCCCCCCCCCCCCCCCC(C)C. The van der Waals surface area contributed by atoms with E-state index in [9.17, 15) is 43.2 Å². The van der Waals surface area contributed by atoms with Gasteiger partial charge in [-0.3, -0.25) is 37.3 Å². The predicted octanol–water partition coefficient (Wildman–Crippen LogP) is 26.1. The fraction of sp³-hybridized carbons (Fsp3) is 0.953. The molecule has 0 rings (SSSR count). The van der Waals surface area contributed by atoms with Gasteiger partial charge in [0, 0.05) is 25.7 Å². The van der Waals surface area contributed by atoms with E-state index in [1.54, 1.807) is 0 Å². The number of aliphatic hydroxyl groups is 1. The van der Waals surface area contributed by atoms with Gasteiger partial charge in [0.25, 0.3) is 0 Å². The molecule has 0 radical (unpaired) electrons. The molecule has 0 aliphatic carbocycles. The zero-order chi connectivity index (χ0) is 77.2. The van der Waals surface area contributed by atoms with Crippen LogP contribution in [-0.2, 0) is 65.4 Å². The number of hydrogen-bond donors (Lipinski definition) is 3. The molecule has 0 bridgehead atoms. The summed E-state index contributed by atoms with van der Waals surface area (Å²) >= 11 is 0. The Bertz CT molecular complexity index is 2030. The van der Waals surface area contributed by atoms with Gasteiger partial charge in [-0.25, -0.2) is 9.13 Å². The van der Waals surface area contributed by atoms with E-state index in [1.807, 2.05) is 0 Å². The minimum absolute atomic E-state index is 0.108. The molecular weight excluding hydrogens is 1370 g/mol. The summed E-state index contributed by atoms with van der Waals surface area (Å²) in [5, 5.41) is 10.7. The molecule has 0 saturated carbocycles. The lowest BCUT2D eigenvalue weighted by atomic mass is 9.99. The topological polar surface area (TPSA) is 237 Å². The number of rotatable bonds is 84. The monoisotopic (exact) mass is 1540 g/mol. The molecule has 19 heteroatoms. The molecule has 0 heterocycles. The summed E-state index contributed by atoms with van der Waals surface area (Å²) in [4.78, 5) is 73.3. The van der Waals surface area contributed by atoms with Crippen LogP contribution in [0.15, 0.2) is 0 Å². The van der Waals surface area contributed by atoms with Crippen molar-refractivity contribution >= 4 is 39.5 Å². The summed E-state index contributed by atoms with van der Waals surface area (Å²) in [5.41, 5.74) is 0. The molecule has 624 valence electrons. The molecular formula is C86H168O17P2. The van der Waals surface area contributed by atoms with Gasteiger partial charge in [0.15, 0.2) is 12.2 Å². The van der Waals surface area contributed by atoms with E-state index >= 15 is 0 Å². The Balaban J connectivity index is 5.27. The van der Waals surface area contributed by atoms with Gasteiger partial charge in [-0.05, 0) is 43.4 Å². The summed E-state index contributed by atoms with van der Waals surface area (Å²) in [6, 6.07) is 0. The zero-order valence-corrected chi connectivity index (χ0v) is 71.0. The number of phosphoric acid groups is 2. The number of aliphatic hydroxyl groups excluding tert-OH is 1. The van der Waals surface area contributed by atoms with Gasteiger partial charge >= 0.3 is 39.5 Å². The number of esters is 4. The van der Waals surface area contributed by atoms with E-state index in [4.69, 9.17) is 37.0 Å². The van der Waals surface area contributed by atoms with Crippen molar-refractivity contribution in [1.82, 2.24) is 0 Å². The highest BCUT2D eigenvalue weighted by Crippen LogP contribution is 2.45. The fourth-order valence-electron chi connectivity index (χ4n) is 13.3. The summed E-state index contributed by atoms with van der Waals surface area (Å²) < 4.78 is 68.9. The van der Waals surface area contributed by atoms with Crippen LogP contribution in [-0.4, -0.2) is 96.7 Å². The highest BCUT2D eigenvalue weighted by atomic mass is 31.2. The second-order valence-electron chi connectivity index (χ2n) is 32.1. The lowest BCUT2D eigenvalue weighted by molar-refractivity contribution is -0.161. The fourth-order valence-corrected chi connectivity index (χ4v) is 14.9. The highest BCUT2D eigenvalue weighted by molar-refractivity contribution is 7.47. The Morgan fingerprint density at radius 1 is 0.276 bits per heavy atom. The first-order chi connectivity index (χ1) is 50.8. The van der Waals surface area contributed by atoms with Crippen molar-refractivity contribution in [2.75, 3.05) is 39.6 Å². The van der Waals surface area contributed by atoms with Crippen molar-refractivity contribution in [3.8, 4) is 0 Å². The minimum Gasteiger partial charge on any atom is -0.462 e. The van der Waals surface area contributed by atoms with E-state index in [2.05, 4.69) is 48.5 Å². The standard InChI is InChI=1S/C86H168O17P2/c1-8-10-11-12-13-14-15-32-39-46-53-60-67-83(88)96-73-81(102-86(91)70-63-56-49-42-35-28-21-19-24-30-37-44-51-58-65-78(5)6)75-100-104(92,93)98-71-80(87)72-99-105(94,95)101-76-82(103-85(90)69-62-55-48-41-34-27-18-16-17-23-29-36-43-50-57-64-77(3)4)74-97-84(89)68-61-54-47-40-33-26-22-20-25-31-38-45-52-59-66-79(7)9-2/h77-82,87H,8-76H2,1-7H3,(H,92,93)(H,94,95)/t79?,80-,81+,82+/m0/s1. The van der Waals surface area contributed by atoms with Gasteiger partial charge < -0.3 is 33.8 Å². The summed E-state index contributed by atoms with van der Waals surface area (Å²) in [6.45, 7) is 12.1. The Hall–Kier alpha value is -1.94. The maximum absolute atomic E-state index is 13.1. The van der Waals surface area contributed by atoms with Crippen molar-refractivity contribution in [3.05, 3.63) is 0 Å². The van der Waals surface area contributed by atoms with Crippen molar-refractivity contribution in [3.63, 3.8) is 0 Å². The molecule has 3 unspecified atom stereocenters. The van der Waals surface area contributed by atoms with Crippen LogP contribution in [0.1, 0.15) is 453 Å². The molecule has 0 aliphatic heterocycles. The Morgan fingerprint density at radius 2 is 0.486 bits per heavy atom. The number of carbonyl (C=O) groups is 4. The van der Waals surface area contributed by atoms with Crippen LogP contribution in [0.4, 0.5) is 0 Å². The van der Waals surface area contributed by atoms with E-state index in [0.717, 1.165) is 108 Å². The third-order valence-electron chi connectivity index (χ3n) is 20.5. The van der Waals surface area contributed by atoms with Crippen LogP contribution in [0.25, 0.3) is 0 Å². The van der Waals surface area contributed by atoms with Crippen molar-refractivity contribution in [1.29, 1.82) is 0 Å². The van der Waals surface area contributed by atoms with Crippen molar-refractivity contribution < 1.29 is 80.2 Å². The predicted molar refractivity (Wildman–Crippen MR) is 432 cm³/mol. The molecule has 0 aromatic carbocycles. The van der Waals surface area contributed by atoms with Crippen LogP contribution < -0.4 is 0 Å². The van der Waals surface area contributed by atoms with Gasteiger partial charge in [0.05, 0.1) is 26.4 Å². The van der Waals surface area contributed by atoms with Gasteiger partial charge in [-0.15, -0.1) is 0 Å². The van der Waals surface area contributed by atoms with Crippen LogP contribution in [0.3, 0.4) is 0 Å². The minimum atomic E-state index is -4.97. The quantitative estimate of drug-likeness (QED) is 0.0222. The molecule has 0 aromatic rings. The third-order valence-corrected chi connectivity index (χ3v) is 22.4.